The summed E-state index contributed by atoms with van der Waals surface area (Å²) in [5.74, 6) is 4.36. The van der Waals surface area contributed by atoms with E-state index in [0.717, 1.165) is 17.8 Å². The molecule has 1 N–H and O–H groups in total. The number of nitrogens with one attached hydrogen (secondary N) is 1. The topological polar surface area (TPSA) is 12.0 Å². The molecule has 0 aromatic rings. The van der Waals surface area contributed by atoms with Crippen LogP contribution in [0.5, 0.6) is 0 Å². The van der Waals surface area contributed by atoms with Gasteiger partial charge in [-0.05, 0) is 67.4 Å². The van der Waals surface area contributed by atoms with Crippen LogP contribution in [0.25, 0.3) is 0 Å². The zero-order chi connectivity index (χ0) is 11.6. The Morgan fingerprint density at radius 1 is 1.31 bits per heavy atom. The van der Waals surface area contributed by atoms with Crippen molar-refractivity contribution in [2.45, 2.75) is 39.5 Å². The molecule has 2 fully saturated rings. The van der Waals surface area contributed by atoms with Crippen LogP contribution in [0.2, 0.25) is 0 Å². The Morgan fingerprint density at radius 2 is 2.00 bits per heavy atom. The fourth-order valence-electron chi connectivity index (χ4n) is 3.39. The number of thioether (sulfide) groups is 1. The van der Waals surface area contributed by atoms with E-state index in [2.05, 4.69) is 25.4 Å². The normalized spacial score (nSPS) is 36.8. The molecule has 0 bridgehead atoms. The molecule has 2 heteroatoms. The van der Waals surface area contributed by atoms with E-state index in [4.69, 9.17) is 0 Å². The first-order chi connectivity index (χ1) is 7.65. The van der Waals surface area contributed by atoms with E-state index >= 15 is 0 Å². The van der Waals surface area contributed by atoms with Crippen LogP contribution in [0.4, 0.5) is 0 Å². The molecular formula is C14H27NS. The van der Waals surface area contributed by atoms with Gasteiger partial charge in [0.05, 0.1) is 0 Å². The standard InChI is InChI=1S/C14H27NS/c1-11(2)9-15-10-14(4-5-16-3)7-12-6-13(12)8-14/h11-13,15H,4-10H2,1-3H3. The summed E-state index contributed by atoms with van der Waals surface area (Å²) in [6.45, 7) is 7.07. The summed E-state index contributed by atoms with van der Waals surface area (Å²) in [5, 5.41) is 3.71. The molecule has 0 spiro atoms. The highest BCUT2D eigenvalue weighted by Crippen LogP contribution is 2.61. The summed E-state index contributed by atoms with van der Waals surface area (Å²) in [6, 6.07) is 0. The summed E-state index contributed by atoms with van der Waals surface area (Å²) in [6.07, 6.45) is 8.26. The smallest absolute Gasteiger partial charge is 0.000842 e. The van der Waals surface area contributed by atoms with E-state index in [9.17, 15) is 0 Å². The van der Waals surface area contributed by atoms with Crippen molar-refractivity contribution in [3.05, 3.63) is 0 Å². The second kappa shape index (κ2) is 5.30. The highest BCUT2D eigenvalue weighted by Gasteiger charge is 2.52. The Morgan fingerprint density at radius 3 is 2.56 bits per heavy atom. The molecule has 2 rings (SSSR count). The van der Waals surface area contributed by atoms with Crippen LogP contribution in [0.15, 0.2) is 0 Å². The molecule has 0 saturated heterocycles. The average molecular weight is 241 g/mol. The van der Waals surface area contributed by atoms with Crippen molar-refractivity contribution in [2.24, 2.45) is 23.2 Å². The second-order valence-corrected chi connectivity index (χ2v) is 7.42. The van der Waals surface area contributed by atoms with E-state index < -0.39 is 0 Å². The van der Waals surface area contributed by atoms with Gasteiger partial charge in [0, 0.05) is 6.54 Å². The maximum absolute atomic E-state index is 3.71. The lowest BCUT2D eigenvalue weighted by atomic mass is 9.80. The maximum atomic E-state index is 3.71. The molecule has 0 aromatic carbocycles. The van der Waals surface area contributed by atoms with Gasteiger partial charge >= 0.3 is 0 Å². The SMILES string of the molecule is CSCCC1(CNCC(C)C)CC2CC2C1. The zero-order valence-corrected chi connectivity index (χ0v) is 11.9. The first kappa shape index (κ1) is 12.8. The molecule has 2 atom stereocenters. The quantitative estimate of drug-likeness (QED) is 0.733. The molecule has 16 heavy (non-hydrogen) atoms. The fourth-order valence-corrected chi connectivity index (χ4v) is 4.02. The van der Waals surface area contributed by atoms with Gasteiger partial charge in [0.2, 0.25) is 0 Å². The third kappa shape index (κ3) is 3.16. The monoisotopic (exact) mass is 241 g/mol. The van der Waals surface area contributed by atoms with Crippen LogP contribution in [0, 0.1) is 23.2 Å². The van der Waals surface area contributed by atoms with Crippen LogP contribution >= 0.6 is 11.8 Å². The Bertz CT molecular complexity index is 217. The van der Waals surface area contributed by atoms with Crippen molar-refractivity contribution in [1.82, 2.24) is 5.32 Å². The highest BCUT2D eigenvalue weighted by molar-refractivity contribution is 7.98. The van der Waals surface area contributed by atoms with E-state index in [1.165, 1.54) is 38.1 Å². The van der Waals surface area contributed by atoms with E-state index in [1.807, 2.05) is 11.8 Å². The molecule has 2 aliphatic rings. The third-order valence-electron chi connectivity index (χ3n) is 4.35. The minimum atomic E-state index is 0.672. The first-order valence-electron chi connectivity index (χ1n) is 6.85. The number of rotatable bonds is 7. The molecule has 2 aliphatic carbocycles. The summed E-state index contributed by atoms with van der Waals surface area (Å²) >= 11 is 2.02. The minimum Gasteiger partial charge on any atom is -0.316 e. The summed E-state index contributed by atoms with van der Waals surface area (Å²) in [7, 11) is 0. The number of fused-ring (bicyclic) bond motifs is 1. The van der Waals surface area contributed by atoms with Crippen molar-refractivity contribution in [3.63, 3.8) is 0 Å². The molecular weight excluding hydrogens is 214 g/mol. The van der Waals surface area contributed by atoms with Gasteiger partial charge in [-0.25, -0.2) is 0 Å². The molecule has 2 unspecified atom stereocenters. The average Bonchev–Trinajstić information content (AvgIpc) is 2.84. The van der Waals surface area contributed by atoms with Gasteiger partial charge in [-0.2, -0.15) is 11.8 Å². The van der Waals surface area contributed by atoms with Crippen LogP contribution in [-0.4, -0.2) is 25.1 Å². The lowest BCUT2D eigenvalue weighted by molar-refractivity contribution is 0.239. The predicted octanol–water partition coefficient (Wildman–Crippen LogP) is 3.40. The van der Waals surface area contributed by atoms with Crippen molar-refractivity contribution in [3.8, 4) is 0 Å². The van der Waals surface area contributed by atoms with Gasteiger partial charge in [-0.1, -0.05) is 13.8 Å². The van der Waals surface area contributed by atoms with Gasteiger partial charge in [-0.3, -0.25) is 0 Å². The van der Waals surface area contributed by atoms with E-state index in [-0.39, 0.29) is 0 Å². The van der Waals surface area contributed by atoms with Gasteiger partial charge < -0.3 is 5.32 Å². The Kier molecular flexibility index (Phi) is 4.23. The molecule has 1 nitrogen and oxygen atoms in total. The Balaban J connectivity index is 1.78. The van der Waals surface area contributed by atoms with Gasteiger partial charge in [0.15, 0.2) is 0 Å². The summed E-state index contributed by atoms with van der Waals surface area (Å²) < 4.78 is 0. The second-order valence-electron chi connectivity index (χ2n) is 6.43. The fraction of sp³-hybridized carbons (Fsp3) is 1.00. The lowest BCUT2D eigenvalue weighted by Crippen LogP contribution is -2.35. The number of hydrogen-bond donors (Lipinski definition) is 1. The molecule has 0 aromatic heterocycles. The lowest BCUT2D eigenvalue weighted by Gasteiger charge is -2.31. The number of hydrogen-bond acceptors (Lipinski definition) is 2. The Hall–Kier alpha value is 0.310. The predicted molar refractivity (Wildman–Crippen MR) is 74.0 cm³/mol. The minimum absolute atomic E-state index is 0.672. The molecule has 0 amide bonds. The van der Waals surface area contributed by atoms with Crippen LogP contribution in [-0.2, 0) is 0 Å². The van der Waals surface area contributed by atoms with Crippen LogP contribution in [0.1, 0.15) is 39.5 Å². The van der Waals surface area contributed by atoms with Crippen molar-refractivity contribution in [1.29, 1.82) is 0 Å². The van der Waals surface area contributed by atoms with Crippen molar-refractivity contribution in [2.75, 3.05) is 25.1 Å². The van der Waals surface area contributed by atoms with Crippen LogP contribution in [0.3, 0.4) is 0 Å². The zero-order valence-electron chi connectivity index (χ0n) is 11.1. The van der Waals surface area contributed by atoms with Crippen molar-refractivity contribution >= 4 is 11.8 Å². The highest BCUT2D eigenvalue weighted by atomic mass is 32.2. The van der Waals surface area contributed by atoms with Crippen molar-refractivity contribution < 1.29 is 0 Å². The molecule has 2 saturated carbocycles. The van der Waals surface area contributed by atoms with Gasteiger partial charge in [0.1, 0.15) is 0 Å². The maximum Gasteiger partial charge on any atom is 0.000842 e. The van der Waals surface area contributed by atoms with E-state index in [1.54, 1.807) is 6.42 Å². The third-order valence-corrected chi connectivity index (χ3v) is 4.96. The molecule has 94 valence electrons. The molecule has 0 aliphatic heterocycles. The summed E-state index contributed by atoms with van der Waals surface area (Å²) in [4.78, 5) is 0. The molecule has 0 radical (unpaired) electrons. The van der Waals surface area contributed by atoms with E-state index in [0.29, 0.717) is 5.41 Å². The van der Waals surface area contributed by atoms with Crippen LogP contribution < -0.4 is 5.32 Å². The van der Waals surface area contributed by atoms with Gasteiger partial charge in [-0.15, -0.1) is 0 Å². The molecule has 0 heterocycles. The largest absolute Gasteiger partial charge is 0.316 e. The first-order valence-corrected chi connectivity index (χ1v) is 8.24. The summed E-state index contributed by atoms with van der Waals surface area (Å²) in [5.41, 5.74) is 0.672. The van der Waals surface area contributed by atoms with Gasteiger partial charge in [0.25, 0.3) is 0 Å². The Labute approximate surface area is 105 Å².